The largest absolute Gasteiger partial charge is 0.496 e. The first-order valence-electron chi connectivity index (χ1n) is 16.9. The third-order valence-corrected chi connectivity index (χ3v) is 10.1. The minimum atomic E-state index is -0.121. The molecule has 1 N–H and O–H groups in total. The lowest BCUT2D eigenvalue weighted by Crippen LogP contribution is -2.42. The SMILES string of the molecule is CC=CCn1c(NC2CCN(CCC3(c4ccccc4)CCN(C(=O)c4cc(-n5cnnn5)ccc4OC)C3)CC2)nc2ccccc21. The van der Waals surface area contributed by atoms with Crippen molar-refractivity contribution in [3.63, 3.8) is 0 Å². The zero-order valence-corrected chi connectivity index (χ0v) is 27.7. The van der Waals surface area contributed by atoms with Crippen LogP contribution in [0.25, 0.3) is 16.7 Å². The third-order valence-electron chi connectivity index (χ3n) is 10.1. The predicted octanol–water partition coefficient (Wildman–Crippen LogP) is 5.35. The van der Waals surface area contributed by atoms with Gasteiger partial charge in [-0.3, -0.25) is 4.79 Å². The summed E-state index contributed by atoms with van der Waals surface area (Å²) in [4.78, 5) is 23.6. The Hall–Kier alpha value is -5.03. The molecule has 5 aromatic rings. The molecule has 3 aromatic carbocycles. The van der Waals surface area contributed by atoms with E-state index in [1.807, 2.05) is 23.1 Å². The summed E-state index contributed by atoms with van der Waals surface area (Å²) in [5.74, 6) is 1.46. The number of methoxy groups -OCH3 is 1. The second kappa shape index (κ2) is 14.0. The van der Waals surface area contributed by atoms with Crippen LogP contribution < -0.4 is 10.1 Å². The van der Waals surface area contributed by atoms with E-state index >= 15 is 0 Å². The molecule has 4 heterocycles. The number of hydrogen-bond acceptors (Lipinski definition) is 8. The number of piperidine rings is 1. The zero-order chi connectivity index (χ0) is 32.9. The first-order chi connectivity index (χ1) is 23.6. The van der Waals surface area contributed by atoms with Crippen molar-refractivity contribution >= 4 is 22.9 Å². The maximum Gasteiger partial charge on any atom is 0.257 e. The highest BCUT2D eigenvalue weighted by Crippen LogP contribution is 2.39. The van der Waals surface area contributed by atoms with Gasteiger partial charge in [0.2, 0.25) is 5.95 Å². The molecular weight excluding hydrogens is 602 g/mol. The Morgan fingerprint density at radius 2 is 1.85 bits per heavy atom. The second-order valence-corrected chi connectivity index (χ2v) is 12.9. The van der Waals surface area contributed by atoms with Gasteiger partial charge in [-0.1, -0.05) is 54.6 Å². The first-order valence-corrected chi connectivity index (χ1v) is 16.9. The van der Waals surface area contributed by atoms with E-state index in [9.17, 15) is 4.79 Å². The van der Waals surface area contributed by atoms with Gasteiger partial charge >= 0.3 is 0 Å². The zero-order valence-electron chi connectivity index (χ0n) is 27.7. The molecule has 2 saturated heterocycles. The Morgan fingerprint density at radius 3 is 2.62 bits per heavy atom. The standard InChI is InChI=1S/C37H43N9O2/c1-3-4-20-45-33-13-9-8-12-32(33)40-36(45)39-29-16-21-43(22-17-29)23-18-37(28-10-6-5-7-11-28)19-24-44(26-37)35(47)31-25-30(14-15-34(31)48-2)46-27-38-41-42-46/h3-15,25,27,29H,16-24,26H2,1-2H3,(H,39,40). The van der Waals surface area contributed by atoms with E-state index in [-0.39, 0.29) is 11.3 Å². The fourth-order valence-corrected chi connectivity index (χ4v) is 7.31. The van der Waals surface area contributed by atoms with Crippen LogP contribution in [0.15, 0.2) is 91.3 Å². The van der Waals surface area contributed by atoms with E-state index in [1.165, 1.54) is 11.9 Å². The monoisotopic (exact) mass is 645 g/mol. The maximum atomic E-state index is 14.1. The number of carbonyl (C=O) groups is 1. The number of benzene rings is 3. The number of nitrogens with zero attached hydrogens (tertiary/aromatic N) is 8. The van der Waals surface area contributed by atoms with Gasteiger partial charge in [-0.05, 0) is 85.5 Å². The Morgan fingerprint density at radius 1 is 1.04 bits per heavy atom. The molecule has 11 heteroatoms. The van der Waals surface area contributed by atoms with Crippen LogP contribution in [0.4, 0.5) is 5.95 Å². The number of imidazole rings is 1. The number of ether oxygens (including phenoxy) is 1. The molecule has 0 bridgehead atoms. The molecule has 11 nitrogen and oxygen atoms in total. The Labute approximate surface area is 281 Å². The number of para-hydroxylation sites is 2. The van der Waals surface area contributed by atoms with Gasteiger partial charge in [0.1, 0.15) is 12.1 Å². The maximum absolute atomic E-state index is 14.1. The number of anilines is 1. The molecule has 1 amide bonds. The molecule has 1 unspecified atom stereocenters. The minimum Gasteiger partial charge on any atom is -0.496 e. The molecule has 48 heavy (non-hydrogen) atoms. The number of aromatic nitrogens is 6. The highest BCUT2D eigenvalue weighted by Gasteiger charge is 2.42. The van der Waals surface area contributed by atoms with Crippen LogP contribution in [0.5, 0.6) is 5.75 Å². The van der Waals surface area contributed by atoms with E-state index in [1.54, 1.807) is 17.9 Å². The summed E-state index contributed by atoms with van der Waals surface area (Å²) in [5.41, 5.74) is 4.59. The van der Waals surface area contributed by atoms with Crippen LogP contribution in [-0.4, -0.2) is 91.3 Å². The molecule has 2 aromatic heterocycles. The molecule has 1 atom stereocenters. The highest BCUT2D eigenvalue weighted by molar-refractivity contribution is 5.98. The van der Waals surface area contributed by atoms with Gasteiger partial charge in [-0.25, -0.2) is 9.67 Å². The Bertz CT molecular complexity index is 1860. The molecule has 0 aliphatic carbocycles. The summed E-state index contributed by atoms with van der Waals surface area (Å²) >= 11 is 0. The number of allylic oxidation sites excluding steroid dienone is 2. The van der Waals surface area contributed by atoms with Gasteiger partial charge in [0, 0.05) is 44.2 Å². The summed E-state index contributed by atoms with van der Waals surface area (Å²) in [5, 5.41) is 15.3. The number of likely N-dealkylation sites (tertiary alicyclic amines) is 2. The molecule has 7 rings (SSSR count). The molecule has 0 saturated carbocycles. The van der Waals surface area contributed by atoms with Crippen molar-refractivity contribution in [1.82, 2.24) is 39.6 Å². The van der Waals surface area contributed by atoms with Crippen molar-refractivity contribution in [3.8, 4) is 11.4 Å². The van der Waals surface area contributed by atoms with Crippen LogP contribution >= 0.6 is 0 Å². The van der Waals surface area contributed by atoms with Gasteiger partial charge in [0.05, 0.1) is 29.4 Å². The van der Waals surface area contributed by atoms with E-state index in [4.69, 9.17) is 9.72 Å². The van der Waals surface area contributed by atoms with Crippen molar-refractivity contribution in [3.05, 3.63) is 102 Å². The molecule has 2 fully saturated rings. The van der Waals surface area contributed by atoms with Crippen LogP contribution in [0.1, 0.15) is 48.5 Å². The van der Waals surface area contributed by atoms with Crippen molar-refractivity contribution in [2.75, 3.05) is 45.2 Å². The minimum absolute atomic E-state index is 0.0353. The molecule has 2 aliphatic heterocycles. The van der Waals surface area contributed by atoms with Gasteiger partial charge in [-0.2, -0.15) is 0 Å². The average Bonchev–Trinajstić information content (AvgIpc) is 3.90. The summed E-state index contributed by atoms with van der Waals surface area (Å²) in [6.45, 7) is 7.25. The fraction of sp³-hybridized carbons (Fsp3) is 0.378. The van der Waals surface area contributed by atoms with Gasteiger partial charge < -0.3 is 24.4 Å². The number of tetrazole rings is 1. The summed E-state index contributed by atoms with van der Waals surface area (Å²) in [7, 11) is 1.60. The van der Waals surface area contributed by atoms with Crippen molar-refractivity contribution in [2.24, 2.45) is 0 Å². The first kappa shape index (κ1) is 31.6. The van der Waals surface area contributed by atoms with Gasteiger partial charge in [0.25, 0.3) is 5.91 Å². The molecule has 248 valence electrons. The quantitative estimate of drug-likeness (QED) is 0.192. The van der Waals surface area contributed by atoms with Crippen molar-refractivity contribution in [1.29, 1.82) is 0 Å². The predicted molar refractivity (Wildman–Crippen MR) is 187 cm³/mol. The number of hydrogen-bond donors (Lipinski definition) is 1. The van der Waals surface area contributed by atoms with Crippen LogP contribution in [0.3, 0.4) is 0 Å². The number of carbonyl (C=O) groups excluding carboxylic acids is 1. The van der Waals surface area contributed by atoms with Crippen molar-refractivity contribution < 1.29 is 9.53 Å². The van der Waals surface area contributed by atoms with Gasteiger partial charge in [-0.15, -0.1) is 5.10 Å². The Kier molecular flexibility index (Phi) is 9.20. The normalized spacial score (nSPS) is 19.0. The number of nitrogens with one attached hydrogen (secondary N) is 1. The molecule has 0 radical (unpaired) electrons. The highest BCUT2D eigenvalue weighted by atomic mass is 16.5. The van der Waals surface area contributed by atoms with E-state index in [2.05, 4.69) is 97.9 Å². The van der Waals surface area contributed by atoms with Gasteiger partial charge in [0.15, 0.2) is 0 Å². The smallest absolute Gasteiger partial charge is 0.257 e. The third kappa shape index (κ3) is 6.42. The molecule has 2 aliphatic rings. The van der Waals surface area contributed by atoms with Crippen LogP contribution in [0.2, 0.25) is 0 Å². The lowest BCUT2D eigenvalue weighted by molar-refractivity contribution is 0.0776. The molecular formula is C37H43N9O2. The summed E-state index contributed by atoms with van der Waals surface area (Å²) < 4.78 is 9.44. The Balaban J connectivity index is 1.02. The fourth-order valence-electron chi connectivity index (χ4n) is 7.31. The van der Waals surface area contributed by atoms with Crippen molar-refractivity contribution in [2.45, 2.75) is 50.6 Å². The van der Waals surface area contributed by atoms with Crippen LogP contribution in [0, 0.1) is 0 Å². The lowest BCUT2D eigenvalue weighted by Gasteiger charge is -2.36. The van der Waals surface area contributed by atoms with Crippen LogP contribution in [-0.2, 0) is 12.0 Å². The molecule has 0 spiro atoms. The second-order valence-electron chi connectivity index (χ2n) is 12.9. The van der Waals surface area contributed by atoms with E-state index < -0.39 is 0 Å². The lowest BCUT2D eigenvalue weighted by atomic mass is 9.76. The number of fused-ring (bicyclic) bond motifs is 1. The number of amides is 1. The van der Waals surface area contributed by atoms with E-state index in [0.29, 0.717) is 36.1 Å². The average molecular weight is 646 g/mol. The summed E-state index contributed by atoms with van der Waals surface area (Å²) in [6.07, 6.45) is 9.81. The number of rotatable bonds is 11. The topological polar surface area (TPSA) is 106 Å². The van der Waals surface area contributed by atoms with E-state index in [0.717, 1.165) is 68.8 Å². The summed E-state index contributed by atoms with van der Waals surface area (Å²) in [6, 6.07) is 24.9.